The summed E-state index contributed by atoms with van der Waals surface area (Å²) in [6.07, 6.45) is 1.95. The molecule has 0 saturated carbocycles. The van der Waals surface area contributed by atoms with Crippen LogP contribution in [0.4, 0.5) is 0 Å². The van der Waals surface area contributed by atoms with E-state index in [1.54, 1.807) is 6.07 Å². The summed E-state index contributed by atoms with van der Waals surface area (Å²) in [7, 11) is 0. The van der Waals surface area contributed by atoms with Crippen molar-refractivity contribution in [3.05, 3.63) is 22.7 Å². The standard InChI is InChI=1S/C17H22ClNO5/c1-3-8-24-15-12(18)9-11(10-14(15)23-4-2)16(20)19-7-5-6-13(19)17(21)22/h9-10,13H,3-8H2,1-2H3,(H,21,22)/t13-/m1/s1. The van der Waals surface area contributed by atoms with Gasteiger partial charge in [-0.05, 0) is 38.3 Å². The van der Waals surface area contributed by atoms with Crippen LogP contribution in [0.5, 0.6) is 11.5 Å². The van der Waals surface area contributed by atoms with E-state index >= 15 is 0 Å². The molecule has 1 aliphatic heterocycles. The van der Waals surface area contributed by atoms with Crippen molar-refractivity contribution in [1.82, 2.24) is 4.90 Å². The van der Waals surface area contributed by atoms with Gasteiger partial charge in [-0.15, -0.1) is 0 Å². The molecule has 0 bridgehead atoms. The number of benzene rings is 1. The summed E-state index contributed by atoms with van der Waals surface area (Å²) in [5.74, 6) is -0.536. The normalized spacial score (nSPS) is 17.0. The lowest BCUT2D eigenvalue weighted by Gasteiger charge is -2.22. The second-order valence-corrected chi connectivity index (χ2v) is 5.97. The molecule has 1 fully saturated rings. The minimum atomic E-state index is -0.986. The fraction of sp³-hybridized carbons (Fsp3) is 0.529. The van der Waals surface area contributed by atoms with Gasteiger partial charge in [0.15, 0.2) is 11.5 Å². The highest BCUT2D eigenvalue weighted by Crippen LogP contribution is 2.37. The Morgan fingerprint density at radius 2 is 2.08 bits per heavy atom. The number of rotatable bonds is 7. The molecule has 7 heteroatoms. The number of halogens is 1. The Kier molecular flexibility index (Phi) is 6.31. The van der Waals surface area contributed by atoms with Crippen LogP contribution in [0.3, 0.4) is 0 Å². The zero-order valence-corrected chi connectivity index (χ0v) is 14.6. The molecule has 6 nitrogen and oxygen atoms in total. The molecule has 1 aromatic rings. The lowest BCUT2D eigenvalue weighted by molar-refractivity contribution is -0.141. The van der Waals surface area contributed by atoms with Crippen molar-refractivity contribution in [3.8, 4) is 11.5 Å². The van der Waals surface area contributed by atoms with E-state index in [2.05, 4.69) is 0 Å². The lowest BCUT2D eigenvalue weighted by atomic mass is 10.1. The van der Waals surface area contributed by atoms with Gasteiger partial charge in [0.25, 0.3) is 5.91 Å². The van der Waals surface area contributed by atoms with Crippen molar-refractivity contribution in [2.24, 2.45) is 0 Å². The van der Waals surface area contributed by atoms with Gasteiger partial charge in [0.05, 0.1) is 18.2 Å². The van der Waals surface area contributed by atoms with E-state index in [1.807, 2.05) is 13.8 Å². The summed E-state index contributed by atoms with van der Waals surface area (Å²) in [6.45, 7) is 5.11. The number of amides is 1. The maximum Gasteiger partial charge on any atom is 0.326 e. The number of nitrogens with zero attached hydrogens (tertiary/aromatic N) is 1. The fourth-order valence-corrected chi connectivity index (χ4v) is 3.00. The van der Waals surface area contributed by atoms with E-state index in [9.17, 15) is 14.7 Å². The topological polar surface area (TPSA) is 76.1 Å². The van der Waals surface area contributed by atoms with Crippen molar-refractivity contribution < 1.29 is 24.2 Å². The quantitative estimate of drug-likeness (QED) is 0.812. The number of carboxylic acids is 1. The van der Waals surface area contributed by atoms with Crippen LogP contribution >= 0.6 is 11.6 Å². The van der Waals surface area contributed by atoms with Gasteiger partial charge in [-0.3, -0.25) is 4.79 Å². The van der Waals surface area contributed by atoms with Crippen molar-refractivity contribution in [1.29, 1.82) is 0 Å². The summed E-state index contributed by atoms with van der Waals surface area (Å²) in [5.41, 5.74) is 0.306. The number of carbonyl (C=O) groups is 2. The number of likely N-dealkylation sites (tertiary alicyclic amines) is 1. The van der Waals surface area contributed by atoms with Crippen LogP contribution in [0.15, 0.2) is 12.1 Å². The van der Waals surface area contributed by atoms with Gasteiger partial charge in [-0.1, -0.05) is 18.5 Å². The Balaban J connectivity index is 2.32. The Labute approximate surface area is 146 Å². The average molecular weight is 356 g/mol. The van der Waals surface area contributed by atoms with Gasteiger partial charge < -0.3 is 19.5 Å². The average Bonchev–Trinajstić information content (AvgIpc) is 3.03. The highest BCUT2D eigenvalue weighted by atomic mass is 35.5. The molecule has 0 spiro atoms. The van der Waals surface area contributed by atoms with Crippen LogP contribution < -0.4 is 9.47 Å². The van der Waals surface area contributed by atoms with Crippen molar-refractivity contribution in [2.45, 2.75) is 39.2 Å². The van der Waals surface area contributed by atoms with Gasteiger partial charge in [0, 0.05) is 12.1 Å². The number of aliphatic carboxylic acids is 1. The molecule has 24 heavy (non-hydrogen) atoms. The van der Waals surface area contributed by atoms with E-state index in [1.165, 1.54) is 11.0 Å². The molecular weight excluding hydrogens is 334 g/mol. The third kappa shape index (κ3) is 3.93. The fourth-order valence-electron chi connectivity index (χ4n) is 2.73. The third-order valence-corrected chi connectivity index (χ3v) is 4.09. The third-order valence-electron chi connectivity index (χ3n) is 3.81. The minimum Gasteiger partial charge on any atom is -0.490 e. The first-order chi connectivity index (χ1) is 11.5. The number of ether oxygens (including phenoxy) is 2. The number of carbonyl (C=O) groups excluding carboxylic acids is 1. The molecule has 1 aromatic carbocycles. The summed E-state index contributed by atoms with van der Waals surface area (Å²) in [6, 6.07) is 2.29. The van der Waals surface area contributed by atoms with E-state index in [-0.39, 0.29) is 10.9 Å². The summed E-state index contributed by atoms with van der Waals surface area (Å²) in [5, 5.41) is 9.53. The predicted octanol–water partition coefficient (Wildman–Crippen LogP) is 3.22. The van der Waals surface area contributed by atoms with Gasteiger partial charge in [0.2, 0.25) is 0 Å². The SMILES string of the molecule is CCCOc1c(Cl)cc(C(=O)N2CCC[C@@H]2C(=O)O)cc1OCC. The van der Waals surface area contributed by atoms with Crippen LogP contribution in [0.1, 0.15) is 43.5 Å². The van der Waals surface area contributed by atoms with E-state index in [0.717, 1.165) is 6.42 Å². The van der Waals surface area contributed by atoms with Crippen molar-refractivity contribution in [2.75, 3.05) is 19.8 Å². The Bertz CT molecular complexity index is 619. The number of carboxylic acid groups (broad SMARTS) is 1. The Hall–Kier alpha value is -1.95. The molecule has 1 heterocycles. The first kappa shape index (κ1) is 18.4. The maximum absolute atomic E-state index is 12.7. The molecule has 0 aromatic heterocycles. The highest BCUT2D eigenvalue weighted by molar-refractivity contribution is 6.32. The largest absolute Gasteiger partial charge is 0.490 e. The molecule has 1 amide bonds. The van der Waals surface area contributed by atoms with Gasteiger partial charge >= 0.3 is 5.97 Å². The summed E-state index contributed by atoms with van der Waals surface area (Å²) in [4.78, 5) is 25.4. The molecule has 0 unspecified atom stereocenters. The summed E-state index contributed by atoms with van der Waals surface area (Å²) < 4.78 is 11.2. The van der Waals surface area contributed by atoms with Crippen LogP contribution in [-0.2, 0) is 4.79 Å². The van der Waals surface area contributed by atoms with Gasteiger partial charge in [-0.25, -0.2) is 4.79 Å². The zero-order chi connectivity index (χ0) is 17.7. The lowest BCUT2D eigenvalue weighted by Crippen LogP contribution is -2.40. The second kappa shape index (κ2) is 8.24. The first-order valence-electron chi connectivity index (χ1n) is 8.12. The molecule has 132 valence electrons. The van der Waals surface area contributed by atoms with Gasteiger partial charge in [-0.2, -0.15) is 0 Å². The van der Waals surface area contributed by atoms with E-state index in [0.29, 0.717) is 49.7 Å². The smallest absolute Gasteiger partial charge is 0.326 e. The molecule has 1 aliphatic rings. The second-order valence-electron chi connectivity index (χ2n) is 5.56. The molecular formula is C17H22ClNO5. The van der Waals surface area contributed by atoms with Crippen LogP contribution in [0.25, 0.3) is 0 Å². The zero-order valence-electron chi connectivity index (χ0n) is 13.9. The molecule has 0 radical (unpaired) electrons. The minimum absolute atomic E-state index is 0.281. The van der Waals surface area contributed by atoms with Crippen molar-refractivity contribution >= 4 is 23.5 Å². The van der Waals surface area contributed by atoms with Crippen molar-refractivity contribution in [3.63, 3.8) is 0 Å². The molecule has 1 atom stereocenters. The molecule has 1 N–H and O–H groups in total. The highest BCUT2D eigenvalue weighted by Gasteiger charge is 2.35. The van der Waals surface area contributed by atoms with E-state index < -0.39 is 12.0 Å². The van der Waals surface area contributed by atoms with Crippen LogP contribution in [-0.4, -0.2) is 47.7 Å². The monoisotopic (exact) mass is 355 g/mol. The maximum atomic E-state index is 12.7. The Morgan fingerprint density at radius 1 is 1.33 bits per heavy atom. The first-order valence-corrected chi connectivity index (χ1v) is 8.50. The number of hydrogen-bond acceptors (Lipinski definition) is 4. The molecule has 1 saturated heterocycles. The van der Waals surface area contributed by atoms with Crippen LogP contribution in [0.2, 0.25) is 5.02 Å². The van der Waals surface area contributed by atoms with Gasteiger partial charge in [0.1, 0.15) is 6.04 Å². The van der Waals surface area contributed by atoms with E-state index in [4.69, 9.17) is 21.1 Å². The predicted molar refractivity (Wildman–Crippen MR) is 90.1 cm³/mol. The summed E-state index contributed by atoms with van der Waals surface area (Å²) >= 11 is 6.26. The number of hydrogen-bond donors (Lipinski definition) is 1. The molecule has 0 aliphatic carbocycles. The Morgan fingerprint density at radius 3 is 2.71 bits per heavy atom. The van der Waals surface area contributed by atoms with Crippen LogP contribution in [0, 0.1) is 0 Å². The molecule has 2 rings (SSSR count).